The Bertz CT molecular complexity index is 676. The number of alkyl halides is 1. The maximum atomic E-state index is 13.1. The van der Waals surface area contributed by atoms with Gasteiger partial charge in [0, 0.05) is 0 Å². The van der Waals surface area contributed by atoms with E-state index in [0.29, 0.717) is 24.2 Å². The molecule has 0 atom stereocenters. The van der Waals surface area contributed by atoms with Gasteiger partial charge >= 0.3 is 0 Å². The van der Waals surface area contributed by atoms with Crippen LogP contribution in [-0.4, -0.2) is 16.7 Å². The van der Waals surface area contributed by atoms with Crippen LogP contribution in [-0.2, 0) is 9.59 Å². The van der Waals surface area contributed by atoms with Crippen LogP contribution in [0.15, 0.2) is 60.7 Å². The zero-order valence-corrected chi connectivity index (χ0v) is 14.2. The third-order valence-corrected chi connectivity index (χ3v) is 4.65. The minimum atomic E-state index is -1.54. The Hall–Kier alpha value is -2.33. The number of carbonyl (C=O) groups is 2. The number of hydrogen-bond donors (Lipinski definition) is 0. The van der Waals surface area contributed by atoms with Gasteiger partial charge in [0.2, 0.25) is 4.87 Å². The van der Waals surface area contributed by atoms with Gasteiger partial charge in [-0.15, -0.1) is 0 Å². The van der Waals surface area contributed by atoms with Crippen molar-refractivity contribution in [2.75, 3.05) is 10.0 Å². The quantitative estimate of drug-likeness (QED) is 0.605. The molecule has 0 aliphatic carbocycles. The lowest BCUT2D eigenvalue weighted by Gasteiger charge is -2.27. The Labute approximate surface area is 146 Å². The van der Waals surface area contributed by atoms with Crippen molar-refractivity contribution in [3.63, 3.8) is 0 Å². The molecule has 124 valence electrons. The molecule has 0 unspecified atom stereocenters. The van der Waals surface area contributed by atoms with E-state index in [4.69, 9.17) is 11.6 Å². The average molecular weight is 343 g/mol. The van der Waals surface area contributed by atoms with Crippen molar-refractivity contribution >= 4 is 34.8 Å². The first-order chi connectivity index (χ1) is 11.6. The summed E-state index contributed by atoms with van der Waals surface area (Å²) < 4.78 is 0. The first kappa shape index (κ1) is 16.5. The Morgan fingerprint density at radius 2 is 1.25 bits per heavy atom. The van der Waals surface area contributed by atoms with E-state index in [1.807, 2.05) is 43.3 Å². The van der Waals surface area contributed by atoms with Gasteiger partial charge in [-0.25, -0.2) is 10.0 Å². The minimum Gasteiger partial charge on any atom is -0.270 e. The Morgan fingerprint density at radius 1 is 0.833 bits per heavy atom. The zero-order valence-electron chi connectivity index (χ0n) is 13.5. The van der Waals surface area contributed by atoms with Crippen molar-refractivity contribution in [3.05, 3.63) is 60.7 Å². The van der Waals surface area contributed by atoms with Gasteiger partial charge in [-0.1, -0.05) is 67.8 Å². The topological polar surface area (TPSA) is 40.6 Å². The molecule has 3 rings (SSSR count). The molecule has 1 aliphatic heterocycles. The molecule has 1 saturated heterocycles. The van der Waals surface area contributed by atoms with Gasteiger partial charge in [-0.05, 0) is 30.7 Å². The molecule has 0 saturated carbocycles. The first-order valence-electron chi connectivity index (χ1n) is 8.07. The maximum absolute atomic E-state index is 13.1. The molecule has 2 aromatic rings. The van der Waals surface area contributed by atoms with Gasteiger partial charge in [0.25, 0.3) is 11.8 Å². The minimum absolute atomic E-state index is 0.329. The van der Waals surface area contributed by atoms with Crippen molar-refractivity contribution in [2.24, 2.45) is 0 Å². The van der Waals surface area contributed by atoms with Crippen LogP contribution in [0.5, 0.6) is 0 Å². The van der Waals surface area contributed by atoms with E-state index in [1.54, 1.807) is 24.3 Å². The van der Waals surface area contributed by atoms with Crippen LogP contribution < -0.4 is 10.0 Å². The lowest BCUT2D eigenvalue weighted by atomic mass is 10.0. The molecule has 1 fully saturated rings. The largest absolute Gasteiger partial charge is 0.277 e. The SMILES string of the molecule is CCCCC1(Cl)C(=O)N(c2ccccc2)N(c2ccccc2)C1=O. The van der Waals surface area contributed by atoms with E-state index in [9.17, 15) is 9.59 Å². The Kier molecular flexibility index (Phi) is 4.58. The fourth-order valence-corrected chi connectivity index (χ4v) is 3.14. The number of para-hydroxylation sites is 2. The van der Waals surface area contributed by atoms with Gasteiger partial charge in [0.1, 0.15) is 0 Å². The maximum Gasteiger partial charge on any atom is 0.277 e. The van der Waals surface area contributed by atoms with Crippen LogP contribution in [0.25, 0.3) is 0 Å². The van der Waals surface area contributed by atoms with E-state index >= 15 is 0 Å². The molecule has 0 N–H and O–H groups in total. The molecule has 4 nitrogen and oxygen atoms in total. The van der Waals surface area contributed by atoms with Crippen LogP contribution in [0, 0.1) is 0 Å². The monoisotopic (exact) mass is 342 g/mol. The summed E-state index contributed by atoms with van der Waals surface area (Å²) >= 11 is 6.56. The van der Waals surface area contributed by atoms with Crippen LogP contribution >= 0.6 is 11.6 Å². The van der Waals surface area contributed by atoms with E-state index in [1.165, 1.54) is 10.0 Å². The molecule has 5 heteroatoms. The lowest BCUT2D eigenvalue weighted by Crippen LogP contribution is -2.41. The van der Waals surface area contributed by atoms with Crippen LogP contribution in [0.4, 0.5) is 11.4 Å². The number of hydrogen-bond acceptors (Lipinski definition) is 2. The smallest absolute Gasteiger partial charge is 0.270 e. The number of amides is 2. The third kappa shape index (κ3) is 2.67. The Balaban J connectivity index is 2.09. The molecule has 1 heterocycles. The standard InChI is InChI=1S/C19H19ClN2O2/c1-2-3-14-19(20)17(23)21(15-10-6-4-7-11-15)22(18(19)24)16-12-8-5-9-13-16/h4-13H,2-3,14H2,1H3. The Morgan fingerprint density at radius 3 is 1.62 bits per heavy atom. The molecule has 0 aromatic heterocycles. The number of benzene rings is 2. The number of carbonyl (C=O) groups excluding carboxylic acids is 2. The summed E-state index contributed by atoms with van der Waals surface area (Å²) in [6.45, 7) is 2.01. The predicted octanol–water partition coefficient (Wildman–Crippen LogP) is 4.15. The van der Waals surface area contributed by atoms with Crippen LogP contribution in [0.1, 0.15) is 26.2 Å². The number of unbranched alkanes of at least 4 members (excludes halogenated alkanes) is 1. The second kappa shape index (κ2) is 6.65. The van der Waals surface area contributed by atoms with E-state index in [0.717, 1.165) is 6.42 Å². The number of hydrazine groups is 1. The first-order valence-corrected chi connectivity index (χ1v) is 8.45. The van der Waals surface area contributed by atoms with Crippen molar-refractivity contribution < 1.29 is 9.59 Å². The molecule has 2 amide bonds. The summed E-state index contributed by atoms with van der Waals surface area (Å²) in [7, 11) is 0. The zero-order chi connectivity index (χ0) is 17.2. The van der Waals surface area contributed by atoms with Crippen molar-refractivity contribution in [1.29, 1.82) is 0 Å². The molecule has 0 bridgehead atoms. The van der Waals surface area contributed by atoms with Crippen molar-refractivity contribution in [2.45, 2.75) is 31.1 Å². The van der Waals surface area contributed by atoms with Gasteiger partial charge < -0.3 is 0 Å². The van der Waals surface area contributed by atoms with Gasteiger partial charge in [-0.2, -0.15) is 0 Å². The highest BCUT2D eigenvalue weighted by molar-refractivity contribution is 6.53. The second-order valence-electron chi connectivity index (χ2n) is 5.81. The van der Waals surface area contributed by atoms with Crippen molar-refractivity contribution in [3.8, 4) is 0 Å². The number of rotatable bonds is 5. The van der Waals surface area contributed by atoms with Crippen LogP contribution in [0.3, 0.4) is 0 Å². The predicted molar refractivity (Wildman–Crippen MR) is 96.0 cm³/mol. The summed E-state index contributed by atoms with van der Waals surface area (Å²) in [5.41, 5.74) is 1.25. The number of nitrogens with zero attached hydrogens (tertiary/aromatic N) is 2. The average Bonchev–Trinajstić information content (AvgIpc) is 2.83. The normalized spacial score (nSPS) is 16.8. The lowest BCUT2D eigenvalue weighted by molar-refractivity contribution is -0.125. The summed E-state index contributed by atoms with van der Waals surface area (Å²) in [6, 6.07) is 18.2. The van der Waals surface area contributed by atoms with Gasteiger partial charge in [0.05, 0.1) is 11.4 Å². The highest BCUT2D eigenvalue weighted by atomic mass is 35.5. The summed E-state index contributed by atoms with van der Waals surface area (Å²) in [6.07, 6.45) is 1.91. The van der Waals surface area contributed by atoms with E-state index in [2.05, 4.69) is 0 Å². The molecule has 0 radical (unpaired) electrons. The molecule has 24 heavy (non-hydrogen) atoms. The number of anilines is 2. The highest BCUT2D eigenvalue weighted by Crippen LogP contribution is 2.39. The number of halogens is 1. The second-order valence-corrected chi connectivity index (χ2v) is 6.45. The molecular formula is C19H19ClN2O2. The highest BCUT2D eigenvalue weighted by Gasteiger charge is 2.58. The van der Waals surface area contributed by atoms with E-state index in [-0.39, 0.29) is 0 Å². The van der Waals surface area contributed by atoms with Gasteiger partial charge in [-0.3, -0.25) is 9.59 Å². The molecule has 1 aliphatic rings. The molecular weight excluding hydrogens is 324 g/mol. The fourth-order valence-electron chi connectivity index (χ4n) is 2.85. The summed E-state index contributed by atoms with van der Waals surface area (Å²) in [5, 5.41) is 2.78. The van der Waals surface area contributed by atoms with Gasteiger partial charge in [0.15, 0.2) is 0 Å². The third-order valence-electron chi connectivity index (χ3n) is 4.14. The summed E-state index contributed by atoms with van der Waals surface area (Å²) in [4.78, 5) is 24.6. The summed E-state index contributed by atoms with van der Waals surface area (Å²) in [5.74, 6) is -0.782. The fraction of sp³-hybridized carbons (Fsp3) is 0.263. The molecule has 0 spiro atoms. The van der Waals surface area contributed by atoms with Crippen molar-refractivity contribution in [1.82, 2.24) is 0 Å². The van der Waals surface area contributed by atoms with Crippen LogP contribution in [0.2, 0.25) is 0 Å². The molecule has 2 aromatic carbocycles. The van der Waals surface area contributed by atoms with E-state index < -0.39 is 16.7 Å².